The van der Waals surface area contributed by atoms with Crippen molar-refractivity contribution in [2.24, 2.45) is 0 Å². The summed E-state index contributed by atoms with van der Waals surface area (Å²) >= 11 is 0. The van der Waals surface area contributed by atoms with Crippen molar-refractivity contribution >= 4 is 9.84 Å². The Morgan fingerprint density at radius 3 is 2.22 bits per heavy atom. The number of methoxy groups -OCH3 is 1. The first-order valence-corrected chi connectivity index (χ1v) is 9.17. The van der Waals surface area contributed by atoms with Crippen LogP contribution in [0.3, 0.4) is 0 Å². The summed E-state index contributed by atoms with van der Waals surface area (Å²) in [6, 6.07) is 18.0. The number of benzene rings is 2. The summed E-state index contributed by atoms with van der Waals surface area (Å²) in [7, 11) is -2.01. The minimum Gasteiger partial charge on any atom is -0.380 e. The number of ether oxygens (including phenoxy) is 2. The topological polar surface area (TPSA) is 52.6 Å². The van der Waals surface area contributed by atoms with Gasteiger partial charge in [0, 0.05) is 13.7 Å². The van der Waals surface area contributed by atoms with Crippen molar-refractivity contribution < 1.29 is 17.9 Å². The lowest BCUT2D eigenvalue weighted by molar-refractivity contribution is -0.0558. The van der Waals surface area contributed by atoms with Crippen LogP contribution in [-0.4, -0.2) is 33.5 Å². The molecular weight excluding hydrogens is 312 g/mol. The van der Waals surface area contributed by atoms with E-state index in [2.05, 4.69) is 0 Å². The van der Waals surface area contributed by atoms with E-state index in [-0.39, 0.29) is 6.10 Å². The number of hydrogen-bond acceptors (Lipinski definition) is 4. The molecule has 1 aliphatic heterocycles. The Bertz CT molecular complexity index is 728. The quantitative estimate of drug-likeness (QED) is 0.864. The van der Waals surface area contributed by atoms with Gasteiger partial charge in [-0.1, -0.05) is 48.5 Å². The van der Waals surface area contributed by atoms with Crippen molar-refractivity contribution in [1.82, 2.24) is 0 Å². The van der Waals surface area contributed by atoms with E-state index in [9.17, 15) is 8.42 Å². The van der Waals surface area contributed by atoms with Gasteiger partial charge in [0.25, 0.3) is 0 Å². The van der Waals surface area contributed by atoms with E-state index in [4.69, 9.17) is 9.47 Å². The Balaban J connectivity index is 2.06. The standard InChI is InChI=1S/C18H20O4S/c1-21-16-12-13-22-17(14-8-4-2-5-9-14)18(16)23(19,20)15-10-6-3-7-11-15/h2-11,16-18H,12-13H2,1H3. The average Bonchev–Trinajstić information content (AvgIpc) is 2.62. The highest BCUT2D eigenvalue weighted by Gasteiger charge is 2.44. The molecule has 3 unspecified atom stereocenters. The van der Waals surface area contributed by atoms with Crippen molar-refractivity contribution in [2.75, 3.05) is 13.7 Å². The summed E-state index contributed by atoms with van der Waals surface area (Å²) < 4.78 is 37.7. The highest BCUT2D eigenvalue weighted by molar-refractivity contribution is 7.92. The van der Waals surface area contributed by atoms with Gasteiger partial charge in [-0.3, -0.25) is 0 Å². The van der Waals surface area contributed by atoms with Crippen LogP contribution in [0.2, 0.25) is 0 Å². The third kappa shape index (κ3) is 3.17. The summed E-state index contributed by atoms with van der Waals surface area (Å²) in [5.74, 6) is 0. The van der Waals surface area contributed by atoms with Crippen LogP contribution in [0.25, 0.3) is 0 Å². The monoisotopic (exact) mass is 332 g/mol. The van der Waals surface area contributed by atoms with Crippen molar-refractivity contribution in [3.05, 3.63) is 66.2 Å². The predicted molar refractivity (Wildman–Crippen MR) is 88.0 cm³/mol. The number of sulfone groups is 1. The fraction of sp³-hybridized carbons (Fsp3) is 0.333. The van der Waals surface area contributed by atoms with Gasteiger partial charge in [0.2, 0.25) is 0 Å². The fourth-order valence-electron chi connectivity index (χ4n) is 3.08. The third-order valence-electron chi connectivity index (χ3n) is 4.23. The van der Waals surface area contributed by atoms with Crippen LogP contribution in [-0.2, 0) is 19.3 Å². The second-order valence-corrected chi connectivity index (χ2v) is 7.69. The van der Waals surface area contributed by atoms with Gasteiger partial charge >= 0.3 is 0 Å². The Hall–Kier alpha value is -1.69. The molecule has 0 spiro atoms. The second kappa shape index (κ2) is 6.83. The minimum atomic E-state index is -3.57. The predicted octanol–water partition coefficient (Wildman–Crippen LogP) is 3.01. The van der Waals surface area contributed by atoms with Crippen LogP contribution >= 0.6 is 0 Å². The van der Waals surface area contributed by atoms with Gasteiger partial charge in [-0.05, 0) is 24.1 Å². The molecule has 1 fully saturated rings. The van der Waals surface area contributed by atoms with E-state index in [0.717, 1.165) is 5.56 Å². The molecule has 0 aliphatic carbocycles. The maximum Gasteiger partial charge on any atom is 0.186 e. The Labute approximate surface area is 137 Å². The molecule has 0 amide bonds. The maximum atomic E-state index is 13.2. The summed E-state index contributed by atoms with van der Waals surface area (Å²) in [5, 5.41) is -0.758. The molecule has 1 aliphatic rings. The van der Waals surface area contributed by atoms with E-state index in [1.807, 2.05) is 30.3 Å². The SMILES string of the molecule is COC1CCOC(c2ccccc2)C1S(=O)(=O)c1ccccc1. The molecule has 0 aromatic heterocycles. The Morgan fingerprint density at radius 2 is 1.61 bits per heavy atom. The summed E-state index contributed by atoms with van der Waals surface area (Å²) in [4.78, 5) is 0.304. The Morgan fingerprint density at radius 1 is 1.00 bits per heavy atom. The second-order valence-electron chi connectivity index (χ2n) is 5.59. The molecule has 0 bridgehead atoms. The van der Waals surface area contributed by atoms with Crippen LogP contribution in [0.15, 0.2) is 65.6 Å². The summed E-state index contributed by atoms with van der Waals surface area (Å²) in [6.45, 7) is 0.485. The molecule has 23 heavy (non-hydrogen) atoms. The lowest BCUT2D eigenvalue weighted by Crippen LogP contribution is -2.45. The van der Waals surface area contributed by atoms with E-state index in [1.165, 1.54) is 0 Å². The Kier molecular flexibility index (Phi) is 4.80. The van der Waals surface area contributed by atoms with Crippen molar-refractivity contribution in [3.8, 4) is 0 Å². The van der Waals surface area contributed by atoms with Crippen molar-refractivity contribution in [3.63, 3.8) is 0 Å². The molecular formula is C18H20O4S. The van der Waals surface area contributed by atoms with Crippen LogP contribution in [0.5, 0.6) is 0 Å². The van der Waals surface area contributed by atoms with E-state index in [0.29, 0.717) is 17.9 Å². The van der Waals surface area contributed by atoms with Gasteiger partial charge in [0.15, 0.2) is 9.84 Å². The molecule has 4 nitrogen and oxygen atoms in total. The maximum absolute atomic E-state index is 13.2. The molecule has 0 radical (unpaired) electrons. The molecule has 5 heteroatoms. The molecule has 0 saturated carbocycles. The van der Waals surface area contributed by atoms with Crippen molar-refractivity contribution in [1.29, 1.82) is 0 Å². The van der Waals surface area contributed by atoms with Gasteiger partial charge in [0.1, 0.15) is 11.4 Å². The van der Waals surface area contributed by atoms with E-state index in [1.54, 1.807) is 37.4 Å². The van der Waals surface area contributed by atoms with E-state index < -0.39 is 21.2 Å². The first-order valence-electron chi connectivity index (χ1n) is 7.63. The molecule has 3 atom stereocenters. The molecule has 2 aromatic rings. The normalized spacial score (nSPS) is 25.2. The fourth-order valence-corrected chi connectivity index (χ4v) is 5.13. The highest BCUT2D eigenvalue weighted by Crippen LogP contribution is 2.37. The third-order valence-corrected chi connectivity index (χ3v) is 6.42. The average molecular weight is 332 g/mol. The summed E-state index contributed by atoms with van der Waals surface area (Å²) in [5.41, 5.74) is 0.860. The van der Waals surface area contributed by atoms with Gasteiger partial charge in [-0.25, -0.2) is 8.42 Å². The molecule has 122 valence electrons. The lowest BCUT2D eigenvalue weighted by Gasteiger charge is -2.37. The largest absolute Gasteiger partial charge is 0.380 e. The zero-order chi connectivity index (χ0) is 16.3. The summed E-state index contributed by atoms with van der Waals surface area (Å²) in [6.07, 6.45) is -0.351. The smallest absolute Gasteiger partial charge is 0.186 e. The van der Waals surface area contributed by atoms with Gasteiger partial charge < -0.3 is 9.47 Å². The molecule has 2 aromatic carbocycles. The van der Waals surface area contributed by atoms with Crippen LogP contribution in [0, 0.1) is 0 Å². The van der Waals surface area contributed by atoms with Gasteiger partial charge in [-0.2, -0.15) is 0 Å². The lowest BCUT2D eigenvalue weighted by atomic mass is 9.98. The molecule has 1 heterocycles. The minimum absolute atomic E-state index is 0.304. The zero-order valence-electron chi connectivity index (χ0n) is 13.0. The first kappa shape index (κ1) is 16.2. The first-order chi connectivity index (χ1) is 11.1. The molecule has 1 saturated heterocycles. The van der Waals surface area contributed by atoms with Crippen LogP contribution in [0.4, 0.5) is 0 Å². The van der Waals surface area contributed by atoms with E-state index >= 15 is 0 Å². The van der Waals surface area contributed by atoms with Crippen LogP contribution in [0.1, 0.15) is 18.1 Å². The zero-order valence-corrected chi connectivity index (χ0v) is 13.8. The van der Waals surface area contributed by atoms with Gasteiger partial charge in [-0.15, -0.1) is 0 Å². The highest BCUT2D eigenvalue weighted by atomic mass is 32.2. The van der Waals surface area contributed by atoms with Gasteiger partial charge in [0.05, 0.1) is 11.0 Å². The number of hydrogen-bond donors (Lipinski definition) is 0. The van der Waals surface area contributed by atoms with Crippen molar-refractivity contribution in [2.45, 2.75) is 28.8 Å². The molecule has 3 rings (SSSR count). The number of rotatable bonds is 4. The van der Waals surface area contributed by atoms with Crippen LogP contribution < -0.4 is 0 Å². The molecule has 0 N–H and O–H groups in total.